The van der Waals surface area contributed by atoms with Crippen molar-refractivity contribution in [2.75, 3.05) is 5.32 Å². The highest BCUT2D eigenvalue weighted by Crippen LogP contribution is 2.16. The van der Waals surface area contributed by atoms with Crippen molar-refractivity contribution in [1.82, 2.24) is 0 Å². The lowest BCUT2D eigenvalue weighted by Gasteiger charge is -2.08. The second-order valence-corrected chi connectivity index (χ2v) is 5.83. The van der Waals surface area contributed by atoms with Gasteiger partial charge in [-0.25, -0.2) is 0 Å². The van der Waals surface area contributed by atoms with Gasteiger partial charge in [0.15, 0.2) is 0 Å². The van der Waals surface area contributed by atoms with Gasteiger partial charge >= 0.3 is 7.12 Å². The van der Waals surface area contributed by atoms with E-state index in [1.165, 1.54) is 5.56 Å². The van der Waals surface area contributed by atoms with Crippen LogP contribution in [0.2, 0.25) is 0 Å². The molecule has 0 saturated heterocycles. The first-order valence-corrected chi connectivity index (χ1v) is 8.00. The Kier molecular flexibility index (Phi) is 4.79. The van der Waals surface area contributed by atoms with E-state index in [-0.39, 0.29) is 5.91 Å². The summed E-state index contributed by atoms with van der Waals surface area (Å²) in [5.74, 6) is -0.152. The minimum atomic E-state index is -0.903. The van der Waals surface area contributed by atoms with Crippen LogP contribution in [0, 0.1) is 0 Å². The quantitative estimate of drug-likeness (QED) is 0.834. The molecule has 0 saturated carbocycles. The molecule has 0 unspecified atom stereocenters. The fourth-order valence-corrected chi connectivity index (χ4v) is 2.70. The highest BCUT2D eigenvalue weighted by Gasteiger charge is 2.27. The molecule has 4 nitrogen and oxygen atoms in total. The van der Waals surface area contributed by atoms with E-state index in [1.807, 2.05) is 36.4 Å². The summed E-state index contributed by atoms with van der Waals surface area (Å²) >= 11 is 0. The van der Waals surface area contributed by atoms with E-state index in [0.29, 0.717) is 17.9 Å². The monoisotopic (exact) mass is 309 g/mol. The van der Waals surface area contributed by atoms with Crippen LogP contribution >= 0.6 is 0 Å². The van der Waals surface area contributed by atoms with Gasteiger partial charge in [-0.3, -0.25) is 4.79 Å². The maximum Gasteiger partial charge on any atom is 0.491 e. The fourth-order valence-electron chi connectivity index (χ4n) is 2.70. The summed E-state index contributed by atoms with van der Waals surface area (Å²) in [4.78, 5) is 12.3. The number of carbonyl (C=O) groups is 1. The molecule has 118 valence electrons. The average Bonchev–Trinajstić information content (AvgIpc) is 2.94. The number of nitrogens with one attached hydrogen (secondary N) is 1. The van der Waals surface area contributed by atoms with E-state index in [4.69, 9.17) is 4.65 Å². The molecular weight excluding hydrogens is 289 g/mol. The molecule has 5 heteroatoms. The number of benzene rings is 2. The Hall–Kier alpha value is -2.11. The Labute approximate surface area is 136 Å². The van der Waals surface area contributed by atoms with E-state index >= 15 is 0 Å². The zero-order valence-electron chi connectivity index (χ0n) is 13.2. The van der Waals surface area contributed by atoms with Gasteiger partial charge in [0.1, 0.15) is 0 Å². The standard InChI is InChI=1S/C18H20BNO3/c1-2-3-4-13-5-7-14(8-6-13)18(21)20-16-10-9-15-12-23-19(22)17(15)11-16/h5-11,22H,2-4,12H2,1H3,(H,20,21). The van der Waals surface area contributed by atoms with Crippen molar-refractivity contribution in [3.05, 3.63) is 59.2 Å². The zero-order chi connectivity index (χ0) is 16.2. The SMILES string of the molecule is CCCCc1ccc(C(=O)Nc2ccc3c(c2)B(O)OC3)cc1. The molecule has 2 N–H and O–H groups in total. The minimum absolute atomic E-state index is 0.152. The summed E-state index contributed by atoms with van der Waals surface area (Å²) < 4.78 is 5.16. The van der Waals surface area contributed by atoms with Crippen molar-refractivity contribution in [2.24, 2.45) is 0 Å². The Morgan fingerprint density at radius 1 is 1.26 bits per heavy atom. The van der Waals surface area contributed by atoms with Crippen LogP contribution in [-0.2, 0) is 17.7 Å². The number of aryl methyl sites for hydroxylation is 1. The van der Waals surface area contributed by atoms with Crippen LogP contribution in [0.4, 0.5) is 5.69 Å². The normalized spacial score (nSPS) is 13.0. The van der Waals surface area contributed by atoms with Crippen molar-refractivity contribution < 1.29 is 14.5 Å². The van der Waals surface area contributed by atoms with Crippen LogP contribution in [0.1, 0.15) is 41.3 Å². The van der Waals surface area contributed by atoms with Gasteiger partial charge in [-0.05, 0) is 53.7 Å². The number of carbonyl (C=O) groups excluding carboxylic acids is 1. The summed E-state index contributed by atoms with van der Waals surface area (Å²) in [5.41, 5.74) is 4.21. The van der Waals surface area contributed by atoms with Crippen molar-refractivity contribution >= 4 is 24.2 Å². The lowest BCUT2D eigenvalue weighted by atomic mass is 9.79. The van der Waals surface area contributed by atoms with E-state index in [9.17, 15) is 9.82 Å². The molecule has 0 atom stereocenters. The van der Waals surface area contributed by atoms with Gasteiger partial charge in [-0.15, -0.1) is 0 Å². The van der Waals surface area contributed by atoms with Crippen LogP contribution < -0.4 is 10.8 Å². The molecule has 23 heavy (non-hydrogen) atoms. The third-order valence-electron chi connectivity index (χ3n) is 4.10. The molecule has 1 aliphatic rings. The Morgan fingerprint density at radius 2 is 2.04 bits per heavy atom. The summed E-state index contributed by atoms with van der Waals surface area (Å²) in [6.45, 7) is 2.57. The number of amides is 1. The maximum atomic E-state index is 12.3. The van der Waals surface area contributed by atoms with Gasteiger partial charge in [-0.1, -0.05) is 31.5 Å². The highest BCUT2D eigenvalue weighted by atomic mass is 16.5. The Morgan fingerprint density at radius 3 is 2.78 bits per heavy atom. The number of anilines is 1. The minimum Gasteiger partial charge on any atom is -0.423 e. The molecule has 0 aliphatic carbocycles. The first kappa shape index (κ1) is 15.8. The van der Waals surface area contributed by atoms with E-state index in [1.54, 1.807) is 6.07 Å². The van der Waals surface area contributed by atoms with Gasteiger partial charge in [0, 0.05) is 11.3 Å². The van der Waals surface area contributed by atoms with Crippen LogP contribution in [0.3, 0.4) is 0 Å². The van der Waals surface area contributed by atoms with Gasteiger partial charge in [-0.2, -0.15) is 0 Å². The van der Waals surface area contributed by atoms with E-state index in [2.05, 4.69) is 12.2 Å². The molecule has 0 aromatic heterocycles. The summed E-state index contributed by atoms with van der Waals surface area (Å²) in [7, 11) is -0.903. The van der Waals surface area contributed by atoms with Crippen molar-refractivity contribution in [3.63, 3.8) is 0 Å². The Balaban J connectivity index is 1.68. The van der Waals surface area contributed by atoms with E-state index in [0.717, 1.165) is 30.3 Å². The molecular formula is C18H20BNO3. The smallest absolute Gasteiger partial charge is 0.423 e. The second-order valence-electron chi connectivity index (χ2n) is 5.83. The first-order valence-electron chi connectivity index (χ1n) is 8.00. The topological polar surface area (TPSA) is 58.6 Å². The van der Waals surface area contributed by atoms with Crippen molar-refractivity contribution in [1.29, 1.82) is 0 Å². The third kappa shape index (κ3) is 3.63. The number of hydrogen-bond acceptors (Lipinski definition) is 3. The van der Waals surface area contributed by atoms with Gasteiger partial charge in [0.2, 0.25) is 0 Å². The van der Waals surface area contributed by atoms with Crippen LogP contribution in [0.15, 0.2) is 42.5 Å². The zero-order valence-corrected chi connectivity index (χ0v) is 13.2. The molecule has 1 amide bonds. The van der Waals surface area contributed by atoms with Crippen molar-refractivity contribution in [2.45, 2.75) is 32.8 Å². The van der Waals surface area contributed by atoms with E-state index < -0.39 is 7.12 Å². The lowest BCUT2D eigenvalue weighted by molar-refractivity contribution is 0.102. The fraction of sp³-hybridized carbons (Fsp3) is 0.278. The molecule has 2 aromatic carbocycles. The molecule has 0 spiro atoms. The molecule has 0 bridgehead atoms. The van der Waals surface area contributed by atoms with Gasteiger partial charge in [0.05, 0.1) is 6.61 Å². The molecule has 0 radical (unpaired) electrons. The second kappa shape index (κ2) is 6.98. The predicted octanol–water partition coefficient (Wildman–Crippen LogP) is 2.50. The Bertz CT molecular complexity index is 700. The molecule has 2 aromatic rings. The number of unbranched alkanes of at least 4 members (excludes halogenated alkanes) is 1. The lowest BCUT2D eigenvalue weighted by Crippen LogP contribution is -2.28. The van der Waals surface area contributed by atoms with Gasteiger partial charge in [0.25, 0.3) is 5.91 Å². The first-order chi connectivity index (χ1) is 11.2. The largest absolute Gasteiger partial charge is 0.491 e. The molecule has 3 rings (SSSR count). The molecule has 1 aliphatic heterocycles. The number of fused-ring (bicyclic) bond motifs is 1. The number of rotatable bonds is 5. The van der Waals surface area contributed by atoms with Gasteiger partial charge < -0.3 is 15.0 Å². The summed E-state index contributed by atoms with van der Waals surface area (Å²) in [5, 5.41) is 12.6. The number of hydrogen-bond donors (Lipinski definition) is 2. The predicted molar refractivity (Wildman–Crippen MR) is 91.8 cm³/mol. The third-order valence-corrected chi connectivity index (χ3v) is 4.10. The van der Waals surface area contributed by atoms with Crippen LogP contribution in [0.25, 0.3) is 0 Å². The van der Waals surface area contributed by atoms with Crippen LogP contribution in [0.5, 0.6) is 0 Å². The highest BCUT2D eigenvalue weighted by molar-refractivity contribution is 6.61. The average molecular weight is 309 g/mol. The van der Waals surface area contributed by atoms with Crippen LogP contribution in [-0.4, -0.2) is 18.0 Å². The molecule has 1 heterocycles. The van der Waals surface area contributed by atoms with Crippen molar-refractivity contribution in [3.8, 4) is 0 Å². The summed E-state index contributed by atoms with van der Waals surface area (Å²) in [6.07, 6.45) is 3.36. The molecule has 0 fully saturated rings. The summed E-state index contributed by atoms with van der Waals surface area (Å²) in [6, 6.07) is 13.2. The maximum absolute atomic E-state index is 12.3.